The summed E-state index contributed by atoms with van der Waals surface area (Å²) in [6.45, 7) is 1.89. The largest absolute Gasteiger partial charge is 0.338 e. The van der Waals surface area contributed by atoms with Gasteiger partial charge in [0.1, 0.15) is 5.82 Å². The van der Waals surface area contributed by atoms with Gasteiger partial charge in [-0.25, -0.2) is 4.39 Å². The van der Waals surface area contributed by atoms with Gasteiger partial charge in [-0.15, -0.1) is 0 Å². The van der Waals surface area contributed by atoms with Crippen LogP contribution in [0.3, 0.4) is 0 Å². The van der Waals surface area contributed by atoms with Crippen LogP contribution in [0.4, 0.5) is 4.39 Å². The zero-order valence-corrected chi connectivity index (χ0v) is 10.5. The first-order valence-electron chi connectivity index (χ1n) is 6.17. The Hall–Kier alpha value is -2.01. The van der Waals surface area contributed by atoms with E-state index in [0.717, 1.165) is 12.0 Å². The monoisotopic (exact) mass is 259 g/mol. The van der Waals surface area contributed by atoms with Crippen LogP contribution in [0.2, 0.25) is 0 Å². The van der Waals surface area contributed by atoms with Gasteiger partial charge in [0, 0.05) is 11.6 Å². The van der Waals surface area contributed by atoms with E-state index < -0.39 is 0 Å². The highest BCUT2D eigenvalue weighted by atomic mass is 19.1. The summed E-state index contributed by atoms with van der Waals surface area (Å²) in [7, 11) is 0. The standard InChI is InChI=1S/C14H14FN3O/c1-8-2-4-10(15)7-12(8)13-17-14(19-18-13)9-3-5-11(16)6-9/h2-5,7,9,11H,6,16H2,1H3. The topological polar surface area (TPSA) is 64.9 Å². The average molecular weight is 259 g/mol. The minimum atomic E-state index is -0.310. The van der Waals surface area contributed by atoms with Gasteiger partial charge in [-0.3, -0.25) is 0 Å². The van der Waals surface area contributed by atoms with E-state index in [2.05, 4.69) is 10.1 Å². The van der Waals surface area contributed by atoms with Gasteiger partial charge in [0.2, 0.25) is 11.7 Å². The molecule has 1 aliphatic carbocycles. The first kappa shape index (κ1) is 12.0. The molecule has 0 radical (unpaired) electrons. The number of hydrogen-bond acceptors (Lipinski definition) is 4. The summed E-state index contributed by atoms with van der Waals surface area (Å²) in [5.74, 6) is 0.698. The molecule has 1 aromatic carbocycles. The molecule has 98 valence electrons. The van der Waals surface area contributed by atoms with Crippen LogP contribution in [-0.2, 0) is 0 Å². The average Bonchev–Trinajstić information content (AvgIpc) is 3.00. The van der Waals surface area contributed by atoms with Gasteiger partial charge in [0.15, 0.2) is 0 Å². The molecule has 1 heterocycles. The molecule has 1 aliphatic rings. The highest BCUT2D eigenvalue weighted by Gasteiger charge is 2.23. The number of nitrogens with two attached hydrogens (primary N) is 1. The first-order valence-corrected chi connectivity index (χ1v) is 6.17. The fraction of sp³-hybridized carbons (Fsp3) is 0.286. The third kappa shape index (κ3) is 2.29. The SMILES string of the molecule is Cc1ccc(F)cc1-c1noc(C2C=CC(N)C2)n1. The first-order chi connectivity index (χ1) is 9.13. The van der Waals surface area contributed by atoms with Gasteiger partial charge in [-0.05, 0) is 31.0 Å². The summed E-state index contributed by atoms with van der Waals surface area (Å²) < 4.78 is 18.5. The Bertz CT molecular complexity index is 635. The minimum Gasteiger partial charge on any atom is -0.338 e. The Morgan fingerprint density at radius 2 is 2.21 bits per heavy atom. The maximum atomic E-state index is 13.3. The van der Waals surface area contributed by atoms with Gasteiger partial charge >= 0.3 is 0 Å². The molecule has 2 unspecified atom stereocenters. The fourth-order valence-corrected chi connectivity index (χ4v) is 2.24. The number of hydrogen-bond donors (Lipinski definition) is 1. The van der Waals surface area contributed by atoms with Crippen LogP contribution >= 0.6 is 0 Å². The predicted octanol–water partition coefficient (Wildman–Crippen LogP) is 2.55. The molecular formula is C14H14FN3O. The molecule has 2 N–H and O–H groups in total. The number of rotatable bonds is 2. The van der Waals surface area contributed by atoms with Crippen molar-refractivity contribution < 1.29 is 8.91 Å². The fourth-order valence-electron chi connectivity index (χ4n) is 2.24. The van der Waals surface area contributed by atoms with Crippen molar-refractivity contribution in [3.8, 4) is 11.4 Å². The molecule has 19 heavy (non-hydrogen) atoms. The Kier molecular flexibility index (Phi) is 2.91. The lowest BCUT2D eigenvalue weighted by atomic mass is 10.1. The van der Waals surface area contributed by atoms with Crippen molar-refractivity contribution in [1.82, 2.24) is 10.1 Å². The molecule has 2 aromatic rings. The van der Waals surface area contributed by atoms with Gasteiger partial charge in [0.05, 0.1) is 5.92 Å². The lowest BCUT2D eigenvalue weighted by Crippen LogP contribution is -2.14. The molecule has 3 rings (SSSR count). The second-order valence-corrected chi connectivity index (χ2v) is 4.81. The normalized spacial score (nSPS) is 22.1. The Morgan fingerprint density at radius 1 is 1.37 bits per heavy atom. The van der Waals surface area contributed by atoms with E-state index in [4.69, 9.17) is 10.3 Å². The van der Waals surface area contributed by atoms with Gasteiger partial charge in [-0.2, -0.15) is 4.98 Å². The van der Waals surface area contributed by atoms with E-state index in [0.29, 0.717) is 17.3 Å². The minimum absolute atomic E-state index is 0.0382. The Labute approximate surface area is 110 Å². The number of aromatic nitrogens is 2. The second-order valence-electron chi connectivity index (χ2n) is 4.81. The Morgan fingerprint density at radius 3 is 2.95 bits per heavy atom. The summed E-state index contributed by atoms with van der Waals surface area (Å²) in [5, 5.41) is 3.93. The molecule has 0 spiro atoms. The van der Waals surface area contributed by atoms with Crippen LogP contribution in [-0.4, -0.2) is 16.2 Å². The third-order valence-corrected chi connectivity index (χ3v) is 3.32. The van der Waals surface area contributed by atoms with Gasteiger partial charge in [-0.1, -0.05) is 23.4 Å². The van der Waals surface area contributed by atoms with Crippen LogP contribution in [0.15, 0.2) is 34.9 Å². The summed E-state index contributed by atoms with van der Waals surface area (Å²) in [6, 6.07) is 4.57. The van der Waals surface area contributed by atoms with Crippen molar-refractivity contribution in [3.63, 3.8) is 0 Å². The maximum absolute atomic E-state index is 13.3. The molecule has 4 nitrogen and oxygen atoms in total. The zero-order valence-electron chi connectivity index (χ0n) is 10.5. The van der Waals surface area contributed by atoms with Crippen molar-refractivity contribution in [3.05, 3.63) is 47.6 Å². The zero-order chi connectivity index (χ0) is 13.4. The van der Waals surface area contributed by atoms with Crippen LogP contribution in [0.5, 0.6) is 0 Å². The third-order valence-electron chi connectivity index (χ3n) is 3.32. The van der Waals surface area contributed by atoms with Gasteiger partial charge < -0.3 is 10.3 Å². The molecule has 0 bridgehead atoms. The van der Waals surface area contributed by atoms with Crippen molar-refractivity contribution in [1.29, 1.82) is 0 Å². The summed E-state index contributed by atoms with van der Waals surface area (Å²) >= 11 is 0. The number of nitrogens with zero attached hydrogens (tertiary/aromatic N) is 2. The lowest BCUT2D eigenvalue weighted by molar-refractivity contribution is 0.365. The van der Waals surface area contributed by atoms with Crippen molar-refractivity contribution in [2.45, 2.75) is 25.3 Å². The van der Waals surface area contributed by atoms with E-state index in [-0.39, 0.29) is 17.8 Å². The smallest absolute Gasteiger partial charge is 0.233 e. The summed E-state index contributed by atoms with van der Waals surface area (Å²) in [5.41, 5.74) is 7.36. The molecular weight excluding hydrogens is 245 g/mol. The van der Waals surface area contributed by atoms with Crippen LogP contribution in [0, 0.1) is 12.7 Å². The van der Waals surface area contributed by atoms with E-state index in [1.54, 1.807) is 6.07 Å². The number of halogens is 1. The quantitative estimate of drug-likeness (QED) is 0.842. The van der Waals surface area contributed by atoms with E-state index >= 15 is 0 Å². The molecule has 0 aliphatic heterocycles. The summed E-state index contributed by atoms with van der Waals surface area (Å²) in [4.78, 5) is 4.35. The van der Waals surface area contributed by atoms with Gasteiger partial charge in [0.25, 0.3) is 0 Å². The number of allylic oxidation sites excluding steroid dienone is 1. The highest BCUT2D eigenvalue weighted by Crippen LogP contribution is 2.29. The van der Waals surface area contributed by atoms with E-state index in [1.807, 2.05) is 19.1 Å². The van der Waals surface area contributed by atoms with E-state index in [9.17, 15) is 4.39 Å². The van der Waals surface area contributed by atoms with Crippen LogP contribution < -0.4 is 5.73 Å². The van der Waals surface area contributed by atoms with Crippen molar-refractivity contribution in [2.24, 2.45) is 5.73 Å². The van der Waals surface area contributed by atoms with Crippen molar-refractivity contribution in [2.75, 3.05) is 0 Å². The molecule has 5 heteroatoms. The summed E-state index contributed by atoms with van der Waals surface area (Å²) in [6.07, 6.45) is 4.67. The van der Waals surface area contributed by atoms with Crippen LogP contribution in [0.25, 0.3) is 11.4 Å². The molecule has 1 aromatic heterocycles. The predicted molar refractivity (Wildman–Crippen MR) is 68.9 cm³/mol. The number of benzene rings is 1. The molecule has 0 fully saturated rings. The highest BCUT2D eigenvalue weighted by molar-refractivity contribution is 5.59. The van der Waals surface area contributed by atoms with Crippen molar-refractivity contribution >= 4 is 0 Å². The Balaban J connectivity index is 1.93. The van der Waals surface area contributed by atoms with Crippen LogP contribution in [0.1, 0.15) is 23.8 Å². The molecule has 0 saturated heterocycles. The lowest BCUT2D eigenvalue weighted by Gasteiger charge is -2.02. The van der Waals surface area contributed by atoms with E-state index in [1.165, 1.54) is 12.1 Å². The second kappa shape index (κ2) is 4.59. The molecule has 0 amide bonds. The number of aryl methyl sites for hydroxylation is 1. The molecule has 2 atom stereocenters. The maximum Gasteiger partial charge on any atom is 0.233 e. The molecule has 0 saturated carbocycles.